The molecule has 0 heterocycles. The van der Waals surface area contributed by atoms with Crippen molar-refractivity contribution in [2.75, 3.05) is 26.4 Å². The molecule has 0 aromatic rings. The molecule has 0 aliphatic heterocycles. The van der Waals surface area contributed by atoms with Gasteiger partial charge in [-0.25, -0.2) is 0 Å². The van der Waals surface area contributed by atoms with Crippen molar-refractivity contribution in [3.63, 3.8) is 0 Å². The molecule has 0 amide bonds. The summed E-state index contributed by atoms with van der Waals surface area (Å²) in [7, 11) is 0. The van der Waals surface area contributed by atoms with Crippen LogP contribution in [-0.4, -0.2) is 26.4 Å². The Kier molecular flexibility index (Phi) is 9.23. The van der Waals surface area contributed by atoms with Crippen molar-refractivity contribution in [3.8, 4) is 0 Å². The van der Waals surface area contributed by atoms with E-state index in [1.165, 1.54) is 0 Å². The van der Waals surface area contributed by atoms with Crippen LogP contribution >= 0.6 is 0 Å². The average molecular weight is 387 g/mol. The fraction of sp³-hybridized carbons (Fsp3) is 1.00. The van der Waals surface area contributed by atoms with Gasteiger partial charge in [-0.15, -0.1) is 0 Å². The van der Waals surface area contributed by atoms with Gasteiger partial charge in [0.1, 0.15) is 0 Å². The van der Waals surface area contributed by atoms with Crippen molar-refractivity contribution >= 4 is 0 Å². The van der Waals surface area contributed by atoms with Crippen LogP contribution in [-0.2, 0) is 33.1 Å². The van der Waals surface area contributed by atoms with E-state index in [1.807, 2.05) is 20.8 Å². The molecule has 92 valence electrons. The molecular formula is C10H24HfO4. The first-order chi connectivity index (χ1) is 7.10. The van der Waals surface area contributed by atoms with Gasteiger partial charge in [0.25, 0.3) is 0 Å². The molecule has 0 bridgehead atoms. The van der Waals surface area contributed by atoms with Gasteiger partial charge in [0, 0.05) is 0 Å². The van der Waals surface area contributed by atoms with Crippen molar-refractivity contribution in [2.45, 2.75) is 34.6 Å². The fourth-order valence-corrected chi connectivity index (χ4v) is 8.59. The summed E-state index contributed by atoms with van der Waals surface area (Å²) in [5.41, 5.74) is 0. The van der Waals surface area contributed by atoms with E-state index >= 15 is 0 Å². The summed E-state index contributed by atoms with van der Waals surface area (Å²) in [5, 5.41) is 0. The van der Waals surface area contributed by atoms with Crippen molar-refractivity contribution < 1.29 is 33.1 Å². The summed E-state index contributed by atoms with van der Waals surface area (Å²) in [6.07, 6.45) is 0. The van der Waals surface area contributed by atoms with Crippen molar-refractivity contribution in [1.29, 1.82) is 0 Å². The zero-order valence-electron chi connectivity index (χ0n) is 10.5. The van der Waals surface area contributed by atoms with E-state index in [-0.39, 0.29) is 0 Å². The van der Waals surface area contributed by atoms with Crippen LogP contribution in [0.25, 0.3) is 0 Å². The van der Waals surface area contributed by atoms with Crippen LogP contribution < -0.4 is 0 Å². The normalized spacial score (nSPS) is 12.4. The number of rotatable bonds is 9. The maximum absolute atomic E-state index is 5.77. The summed E-state index contributed by atoms with van der Waals surface area (Å²) in [6, 6.07) is 0. The molecule has 0 aliphatic carbocycles. The van der Waals surface area contributed by atoms with Crippen molar-refractivity contribution in [1.82, 2.24) is 0 Å². The molecule has 0 aliphatic rings. The standard InChI is InChI=1S/C4H9O.3C2H5O.Hf/c1-4(2)3-5;3*1-2-3;/h4H,3H2,1-2H3;3*2H2,1H3;/q4*-1;+4. The second-order valence-electron chi connectivity index (χ2n) is 3.50. The molecule has 4 nitrogen and oxygen atoms in total. The predicted molar refractivity (Wildman–Crippen MR) is 55.7 cm³/mol. The van der Waals surface area contributed by atoms with Crippen LogP contribution in [0.4, 0.5) is 0 Å². The first-order valence-electron chi connectivity index (χ1n) is 5.66. The van der Waals surface area contributed by atoms with Gasteiger partial charge in [-0.3, -0.25) is 0 Å². The minimum atomic E-state index is -3.78. The average Bonchev–Trinajstić information content (AvgIpc) is 2.16. The summed E-state index contributed by atoms with van der Waals surface area (Å²) >= 11 is -3.78. The molecule has 0 aromatic heterocycles. The molecule has 0 saturated heterocycles. The third-order valence-electron chi connectivity index (χ3n) is 1.56. The van der Waals surface area contributed by atoms with Gasteiger partial charge in [0.15, 0.2) is 0 Å². The van der Waals surface area contributed by atoms with E-state index in [0.29, 0.717) is 32.3 Å². The first-order valence-corrected chi connectivity index (χ1v) is 11.5. The van der Waals surface area contributed by atoms with Crippen molar-refractivity contribution in [2.24, 2.45) is 5.92 Å². The molecule has 0 rings (SSSR count). The summed E-state index contributed by atoms with van der Waals surface area (Å²) in [6.45, 7) is 12.4. The monoisotopic (exact) mass is 388 g/mol. The minimum absolute atomic E-state index is 0.464. The van der Waals surface area contributed by atoms with Gasteiger partial charge in [-0.05, 0) is 0 Å². The summed E-state index contributed by atoms with van der Waals surface area (Å²) in [4.78, 5) is 0. The van der Waals surface area contributed by atoms with Crippen LogP contribution in [0.2, 0.25) is 0 Å². The first kappa shape index (κ1) is 15.7. The molecule has 0 N–H and O–H groups in total. The van der Waals surface area contributed by atoms with Crippen LogP contribution in [0.3, 0.4) is 0 Å². The summed E-state index contributed by atoms with van der Waals surface area (Å²) in [5.74, 6) is 0.464. The predicted octanol–water partition coefficient (Wildman–Crippen LogP) is 2.58. The molecular weight excluding hydrogens is 363 g/mol. The Bertz CT molecular complexity index is 135. The third kappa shape index (κ3) is 6.79. The Morgan fingerprint density at radius 2 is 1.20 bits per heavy atom. The van der Waals surface area contributed by atoms with Gasteiger partial charge < -0.3 is 0 Å². The van der Waals surface area contributed by atoms with Crippen LogP contribution in [0.1, 0.15) is 34.6 Å². The van der Waals surface area contributed by atoms with Crippen LogP contribution in [0.15, 0.2) is 0 Å². The maximum atomic E-state index is 5.77. The molecule has 15 heavy (non-hydrogen) atoms. The zero-order chi connectivity index (χ0) is 11.7. The second-order valence-corrected chi connectivity index (χ2v) is 11.2. The Labute approximate surface area is 100.0 Å². The number of hydrogen-bond donors (Lipinski definition) is 0. The Hall–Kier alpha value is 0.710. The van der Waals surface area contributed by atoms with Gasteiger partial charge in [-0.2, -0.15) is 0 Å². The van der Waals surface area contributed by atoms with E-state index in [4.69, 9.17) is 11.4 Å². The van der Waals surface area contributed by atoms with E-state index in [1.54, 1.807) is 0 Å². The van der Waals surface area contributed by atoms with Gasteiger partial charge in [0.2, 0.25) is 0 Å². The quantitative estimate of drug-likeness (QED) is 0.571. The van der Waals surface area contributed by atoms with Gasteiger partial charge in [0.05, 0.1) is 0 Å². The third-order valence-corrected chi connectivity index (χ3v) is 10.3. The van der Waals surface area contributed by atoms with Crippen LogP contribution in [0.5, 0.6) is 0 Å². The Morgan fingerprint density at radius 1 is 0.800 bits per heavy atom. The Balaban J connectivity index is 4.31. The van der Waals surface area contributed by atoms with Gasteiger partial charge >= 0.3 is 100 Å². The molecule has 5 heteroatoms. The summed E-state index contributed by atoms with van der Waals surface area (Å²) < 4.78 is 22.6. The topological polar surface area (TPSA) is 36.9 Å². The number of hydrogen-bond acceptors (Lipinski definition) is 4. The fourth-order valence-electron chi connectivity index (χ4n) is 1.05. The molecule has 0 spiro atoms. The Morgan fingerprint density at radius 3 is 1.47 bits per heavy atom. The molecule has 0 fully saturated rings. The molecule has 0 aromatic carbocycles. The van der Waals surface area contributed by atoms with Crippen molar-refractivity contribution in [3.05, 3.63) is 0 Å². The zero-order valence-corrected chi connectivity index (χ0v) is 14.1. The van der Waals surface area contributed by atoms with Crippen LogP contribution in [0, 0.1) is 5.92 Å². The molecule has 0 radical (unpaired) electrons. The van der Waals surface area contributed by atoms with E-state index in [9.17, 15) is 0 Å². The van der Waals surface area contributed by atoms with Gasteiger partial charge in [-0.1, -0.05) is 0 Å². The molecule has 0 atom stereocenters. The SMILES string of the molecule is CC[O][Hf]([O]CC)([O]CC)[O]CC(C)C. The van der Waals surface area contributed by atoms with E-state index in [2.05, 4.69) is 13.8 Å². The van der Waals surface area contributed by atoms with E-state index < -0.39 is 21.7 Å². The second kappa shape index (κ2) is 8.82. The molecule has 0 unspecified atom stereocenters. The molecule has 0 saturated carbocycles. The van der Waals surface area contributed by atoms with E-state index in [0.717, 1.165) is 0 Å².